The van der Waals surface area contributed by atoms with E-state index in [4.69, 9.17) is 16.3 Å². The van der Waals surface area contributed by atoms with E-state index in [1.165, 1.54) is 24.4 Å². The van der Waals surface area contributed by atoms with Gasteiger partial charge in [-0.1, -0.05) is 11.6 Å². The number of aryl methyl sites for hydroxylation is 1. The maximum atomic E-state index is 11.6. The Hall–Kier alpha value is -2.52. The van der Waals surface area contributed by atoms with Gasteiger partial charge in [0.1, 0.15) is 10.8 Å². The number of benzene rings is 1. The lowest BCUT2D eigenvalue weighted by atomic mass is 10.2. The molecule has 0 bridgehead atoms. The van der Waals surface area contributed by atoms with Crippen LogP contribution in [0.25, 0.3) is 4.96 Å². The average molecular weight is 339 g/mol. The van der Waals surface area contributed by atoms with Crippen LogP contribution in [-0.4, -0.2) is 19.5 Å². The molecule has 3 rings (SSSR count). The van der Waals surface area contributed by atoms with E-state index in [9.17, 15) is 14.9 Å². The molecule has 0 saturated heterocycles. The zero-order valence-corrected chi connectivity index (χ0v) is 12.6. The van der Waals surface area contributed by atoms with Crippen molar-refractivity contribution in [3.8, 4) is 10.9 Å². The van der Waals surface area contributed by atoms with Gasteiger partial charge in [-0.3, -0.25) is 14.9 Å². The SMILES string of the molecule is Cc1cc(Cl)c([N+](=O)[O-])cc1Oc1nn2c(=O)ccnc2s1. The first kappa shape index (κ1) is 14.4. The first-order valence-corrected chi connectivity index (χ1v) is 7.12. The van der Waals surface area contributed by atoms with Gasteiger partial charge in [0.05, 0.1) is 11.0 Å². The Morgan fingerprint density at radius 1 is 1.45 bits per heavy atom. The van der Waals surface area contributed by atoms with Crippen LogP contribution in [-0.2, 0) is 0 Å². The van der Waals surface area contributed by atoms with Crippen molar-refractivity contribution < 1.29 is 9.66 Å². The predicted octanol–water partition coefficient (Wildman–Crippen LogP) is 2.81. The second kappa shape index (κ2) is 5.35. The number of ether oxygens (including phenoxy) is 1. The fraction of sp³-hybridized carbons (Fsp3) is 0.0833. The minimum absolute atomic E-state index is 0.0250. The van der Waals surface area contributed by atoms with Gasteiger partial charge >= 0.3 is 0 Å². The Kier molecular flexibility index (Phi) is 3.51. The summed E-state index contributed by atoms with van der Waals surface area (Å²) in [5.41, 5.74) is 0.00346. The fourth-order valence-electron chi connectivity index (χ4n) is 1.75. The molecule has 8 nitrogen and oxygen atoms in total. The molecule has 3 aromatic rings. The largest absolute Gasteiger partial charge is 0.429 e. The molecule has 0 aliphatic heterocycles. The number of nitro groups is 1. The predicted molar refractivity (Wildman–Crippen MR) is 80.1 cm³/mol. The van der Waals surface area contributed by atoms with Crippen molar-refractivity contribution in [2.75, 3.05) is 0 Å². The lowest BCUT2D eigenvalue weighted by molar-refractivity contribution is -0.384. The zero-order chi connectivity index (χ0) is 15.9. The van der Waals surface area contributed by atoms with Crippen LogP contribution in [0.2, 0.25) is 5.02 Å². The van der Waals surface area contributed by atoms with Gasteiger partial charge in [-0.25, -0.2) is 4.98 Å². The molecule has 0 spiro atoms. The summed E-state index contributed by atoms with van der Waals surface area (Å²) in [6.45, 7) is 1.70. The highest BCUT2D eigenvalue weighted by Crippen LogP contribution is 2.35. The minimum atomic E-state index is -0.598. The Labute approximate surface area is 131 Å². The Bertz CT molecular complexity index is 952. The molecule has 0 saturated carbocycles. The molecule has 112 valence electrons. The Morgan fingerprint density at radius 3 is 2.91 bits per heavy atom. The molecule has 0 N–H and O–H groups in total. The Balaban J connectivity index is 2.04. The zero-order valence-electron chi connectivity index (χ0n) is 11.0. The highest BCUT2D eigenvalue weighted by atomic mass is 35.5. The van der Waals surface area contributed by atoms with Crippen LogP contribution in [0.15, 0.2) is 29.2 Å². The normalized spacial score (nSPS) is 10.8. The lowest BCUT2D eigenvalue weighted by Crippen LogP contribution is -2.12. The van der Waals surface area contributed by atoms with E-state index in [1.54, 1.807) is 6.92 Å². The van der Waals surface area contributed by atoms with E-state index in [0.29, 0.717) is 10.5 Å². The molecule has 0 aliphatic carbocycles. The van der Waals surface area contributed by atoms with E-state index in [2.05, 4.69) is 10.1 Å². The number of hydrogen-bond acceptors (Lipinski definition) is 7. The van der Waals surface area contributed by atoms with Gasteiger partial charge in [0, 0.05) is 12.3 Å². The highest BCUT2D eigenvalue weighted by Gasteiger charge is 2.18. The fourth-order valence-corrected chi connectivity index (χ4v) is 2.78. The van der Waals surface area contributed by atoms with Gasteiger partial charge in [-0.15, -0.1) is 5.10 Å². The van der Waals surface area contributed by atoms with Crippen molar-refractivity contribution >= 4 is 33.6 Å². The standard InChI is InChI=1S/C12H7ClN4O4S/c1-6-4-7(13)8(17(19)20)5-9(6)21-12-15-16-10(18)2-3-14-11(16)22-12/h2-5H,1H3. The maximum absolute atomic E-state index is 11.6. The summed E-state index contributed by atoms with van der Waals surface area (Å²) in [6.07, 6.45) is 1.37. The van der Waals surface area contributed by atoms with Crippen molar-refractivity contribution in [1.29, 1.82) is 0 Å². The lowest BCUT2D eigenvalue weighted by Gasteiger charge is -2.05. The third kappa shape index (κ3) is 2.51. The van der Waals surface area contributed by atoms with Crippen LogP contribution in [0.3, 0.4) is 0 Å². The van der Waals surface area contributed by atoms with E-state index < -0.39 is 4.92 Å². The monoisotopic (exact) mass is 338 g/mol. The number of nitro benzene ring substituents is 1. The number of hydrogen-bond donors (Lipinski definition) is 0. The molecule has 2 heterocycles. The van der Waals surface area contributed by atoms with Crippen LogP contribution in [0.5, 0.6) is 10.9 Å². The quantitative estimate of drug-likeness (QED) is 0.537. The summed E-state index contributed by atoms with van der Waals surface area (Å²) < 4.78 is 6.64. The summed E-state index contributed by atoms with van der Waals surface area (Å²) in [6, 6.07) is 3.93. The van der Waals surface area contributed by atoms with E-state index in [1.807, 2.05) is 0 Å². The summed E-state index contributed by atoms with van der Waals surface area (Å²) in [7, 11) is 0. The van der Waals surface area contributed by atoms with E-state index in [0.717, 1.165) is 15.9 Å². The molecule has 0 atom stereocenters. The number of aromatic nitrogens is 3. The molecule has 0 unspecified atom stereocenters. The number of halogens is 1. The van der Waals surface area contributed by atoms with Gasteiger partial charge in [0.25, 0.3) is 16.4 Å². The molecular weight excluding hydrogens is 332 g/mol. The van der Waals surface area contributed by atoms with Crippen molar-refractivity contribution in [2.24, 2.45) is 0 Å². The summed E-state index contributed by atoms with van der Waals surface area (Å²) in [5, 5.41) is 15.1. The first-order chi connectivity index (χ1) is 10.5. The average Bonchev–Trinajstić information content (AvgIpc) is 2.85. The van der Waals surface area contributed by atoms with Crippen molar-refractivity contribution in [3.63, 3.8) is 0 Å². The summed E-state index contributed by atoms with van der Waals surface area (Å²) >= 11 is 6.87. The molecule has 0 amide bonds. The molecule has 2 aromatic heterocycles. The van der Waals surface area contributed by atoms with Crippen LogP contribution < -0.4 is 10.3 Å². The number of nitrogens with zero attached hydrogens (tertiary/aromatic N) is 4. The molecule has 1 aromatic carbocycles. The van der Waals surface area contributed by atoms with Gasteiger partial charge in [0.15, 0.2) is 0 Å². The van der Waals surface area contributed by atoms with E-state index in [-0.39, 0.29) is 27.2 Å². The highest BCUT2D eigenvalue weighted by molar-refractivity contribution is 7.18. The van der Waals surface area contributed by atoms with Gasteiger partial charge in [-0.05, 0) is 29.9 Å². The third-order valence-corrected chi connectivity index (χ3v) is 3.89. The Morgan fingerprint density at radius 2 is 2.23 bits per heavy atom. The first-order valence-electron chi connectivity index (χ1n) is 5.93. The third-order valence-electron chi connectivity index (χ3n) is 2.79. The topological polar surface area (TPSA) is 99.6 Å². The molecule has 0 aliphatic rings. The maximum Gasteiger partial charge on any atom is 0.300 e. The van der Waals surface area contributed by atoms with Crippen LogP contribution in [0.1, 0.15) is 5.56 Å². The molecule has 0 radical (unpaired) electrons. The smallest absolute Gasteiger partial charge is 0.300 e. The second-order valence-corrected chi connectivity index (χ2v) is 5.60. The van der Waals surface area contributed by atoms with E-state index >= 15 is 0 Å². The van der Waals surface area contributed by atoms with Crippen LogP contribution in [0.4, 0.5) is 5.69 Å². The second-order valence-electron chi connectivity index (χ2n) is 4.27. The van der Waals surface area contributed by atoms with Crippen LogP contribution >= 0.6 is 22.9 Å². The molecule has 0 fully saturated rings. The number of rotatable bonds is 3. The van der Waals surface area contributed by atoms with Gasteiger partial charge in [0.2, 0.25) is 4.96 Å². The van der Waals surface area contributed by atoms with Crippen LogP contribution in [0, 0.1) is 17.0 Å². The van der Waals surface area contributed by atoms with Crippen molar-refractivity contribution in [1.82, 2.24) is 14.6 Å². The molecule has 10 heteroatoms. The van der Waals surface area contributed by atoms with Crippen molar-refractivity contribution in [3.05, 3.63) is 55.5 Å². The minimum Gasteiger partial charge on any atom is -0.429 e. The van der Waals surface area contributed by atoms with Gasteiger partial charge in [-0.2, -0.15) is 4.52 Å². The van der Waals surface area contributed by atoms with Gasteiger partial charge < -0.3 is 4.74 Å². The summed E-state index contributed by atoms with van der Waals surface area (Å²) in [5.74, 6) is 0.239. The molecule has 22 heavy (non-hydrogen) atoms. The molecular formula is C12H7ClN4O4S. The summed E-state index contributed by atoms with van der Waals surface area (Å²) in [4.78, 5) is 26.3. The number of fused-ring (bicyclic) bond motifs is 1. The van der Waals surface area contributed by atoms with Crippen molar-refractivity contribution in [2.45, 2.75) is 6.92 Å².